The Morgan fingerprint density at radius 1 is 0.413 bits per heavy atom. The van der Waals surface area contributed by atoms with Crippen molar-refractivity contribution in [3.8, 4) is 61.7 Å². The molecule has 8 aromatic carbocycles. The first-order valence-corrected chi connectivity index (χ1v) is 15.6. The Bertz CT molecular complexity index is 2670. The largest absolute Gasteiger partial charge is 0.245 e. The van der Waals surface area contributed by atoms with E-state index in [0.29, 0.717) is 5.69 Å². The zero-order valence-corrected chi connectivity index (χ0v) is 24.8. The van der Waals surface area contributed by atoms with E-state index < -0.39 is 0 Å². The zero-order valence-electron chi connectivity index (χ0n) is 24.8. The molecule has 0 fully saturated rings. The maximum absolute atomic E-state index is 9.50. The van der Waals surface area contributed by atoms with Crippen molar-refractivity contribution < 1.29 is 0 Å². The molecular weight excluding hydrogens is 556 g/mol. The molecule has 1 heterocycles. The highest BCUT2D eigenvalue weighted by atomic mass is 14.7. The Kier molecular flexibility index (Phi) is 5.10. The third kappa shape index (κ3) is 3.32. The van der Waals surface area contributed by atoms with Crippen LogP contribution in [0.2, 0.25) is 0 Å². The fourth-order valence-corrected chi connectivity index (χ4v) is 7.98. The molecule has 10 rings (SSSR count). The van der Waals surface area contributed by atoms with E-state index in [1.807, 2.05) is 18.3 Å². The predicted molar refractivity (Wildman–Crippen MR) is 191 cm³/mol. The summed E-state index contributed by atoms with van der Waals surface area (Å²) in [5.41, 5.74) is 12.3. The van der Waals surface area contributed by atoms with E-state index in [-0.39, 0.29) is 0 Å². The van der Waals surface area contributed by atoms with Crippen molar-refractivity contribution in [3.63, 3.8) is 0 Å². The second kappa shape index (κ2) is 9.35. The van der Waals surface area contributed by atoms with Gasteiger partial charge in [0.05, 0.1) is 0 Å². The topological polar surface area (TPSA) is 36.7 Å². The maximum Gasteiger partial charge on any atom is 0.140 e. The molecule has 0 saturated carbocycles. The highest BCUT2D eigenvalue weighted by molar-refractivity contribution is 6.38. The summed E-state index contributed by atoms with van der Waals surface area (Å²) in [5, 5.41) is 20.0. The number of fused-ring (bicyclic) bond motifs is 5. The molecule has 0 saturated heterocycles. The summed E-state index contributed by atoms with van der Waals surface area (Å²) >= 11 is 0. The van der Waals surface area contributed by atoms with E-state index in [1.165, 1.54) is 82.0 Å². The summed E-state index contributed by atoms with van der Waals surface area (Å²) in [6.45, 7) is 0. The fourth-order valence-electron chi connectivity index (χ4n) is 7.98. The molecule has 46 heavy (non-hydrogen) atoms. The Labute approximate surface area is 265 Å². The molecule has 2 nitrogen and oxygen atoms in total. The normalized spacial score (nSPS) is 11.9. The Morgan fingerprint density at radius 3 is 1.65 bits per heavy atom. The van der Waals surface area contributed by atoms with Gasteiger partial charge in [-0.15, -0.1) is 0 Å². The number of nitriles is 1. The lowest BCUT2D eigenvalue weighted by Crippen LogP contribution is -1.95. The molecule has 9 aromatic rings. The van der Waals surface area contributed by atoms with Crippen LogP contribution >= 0.6 is 0 Å². The van der Waals surface area contributed by atoms with Gasteiger partial charge in [0, 0.05) is 11.8 Å². The number of hydrogen-bond donors (Lipinski definition) is 0. The van der Waals surface area contributed by atoms with E-state index in [9.17, 15) is 5.26 Å². The quantitative estimate of drug-likeness (QED) is 0.154. The minimum atomic E-state index is 0.413. The molecule has 0 bridgehead atoms. The van der Waals surface area contributed by atoms with Crippen molar-refractivity contribution in [2.75, 3.05) is 0 Å². The van der Waals surface area contributed by atoms with Gasteiger partial charge in [0.2, 0.25) is 0 Å². The first kappa shape index (κ1) is 25.1. The molecule has 1 aliphatic rings. The Morgan fingerprint density at radius 2 is 1.02 bits per heavy atom. The average Bonchev–Trinajstić information content (AvgIpc) is 3.47. The summed E-state index contributed by atoms with van der Waals surface area (Å²) in [6, 6.07) is 52.6. The average molecular weight is 581 g/mol. The molecule has 1 aliphatic carbocycles. The van der Waals surface area contributed by atoms with Gasteiger partial charge in [-0.05, 0) is 111 Å². The van der Waals surface area contributed by atoms with E-state index in [2.05, 4.69) is 138 Å². The molecule has 1 aromatic heterocycles. The lowest BCUT2D eigenvalue weighted by atomic mass is 9.82. The number of aromatic nitrogens is 1. The van der Waals surface area contributed by atoms with Gasteiger partial charge in [-0.25, -0.2) is 4.98 Å². The number of benzene rings is 8. The third-order valence-corrected chi connectivity index (χ3v) is 9.85. The number of nitrogens with zero attached hydrogens (tertiary/aromatic N) is 2. The molecule has 0 spiro atoms. The SMILES string of the molecule is N#Cc1ccc(-c2cc(-c3ccccc3)c3c(c2-c2ccccc2)-c2ccc4c5cccc6cccc(c7ccc-3c2c74)c65)cn1. The molecule has 0 atom stereocenters. The molecule has 0 amide bonds. The second-order valence-electron chi connectivity index (χ2n) is 12.2. The lowest BCUT2D eigenvalue weighted by molar-refractivity contribution is 1.26. The zero-order chi connectivity index (χ0) is 30.4. The smallest absolute Gasteiger partial charge is 0.140 e. The maximum atomic E-state index is 9.50. The van der Waals surface area contributed by atoms with Gasteiger partial charge in [-0.3, -0.25) is 0 Å². The van der Waals surface area contributed by atoms with Gasteiger partial charge in [0.15, 0.2) is 0 Å². The van der Waals surface area contributed by atoms with Crippen LogP contribution in [-0.2, 0) is 0 Å². The van der Waals surface area contributed by atoms with Crippen molar-refractivity contribution in [2.24, 2.45) is 0 Å². The van der Waals surface area contributed by atoms with Crippen molar-refractivity contribution in [3.05, 3.63) is 151 Å². The van der Waals surface area contributed by atoms with Crippen molar-refractivity contribution in [1.29, 1.82) is 5.26 Å². The summed E-state index contributed by atoms with van der Waals surface area (Å²) in [5.74, 6) is 0. The van der Waals surface area contributed by atoms with Gasteiger partial charge < -0.3 is 0 Å². The minimum Gasteiger partial charge on any atom is -0.245 e. The molecule has 0 aliphatic heterocycles. The molecule has 0 radical (unpaired) electrons. The van der Waals surface area contributed by atoms with E-state index in [0.717, 1.165) is 16.7 Å². The molecule has 2 heteroatoms. The van der Waals surface area contributed by atoms with Crippen LogP contribution in [-0.4, -0.2) is 4.98 Å². The van der Waals surface area contributed by atoms with Gasteiger partial charge in [0.25, 0.3) is 0 Å². The van der Waals surface area contributed by atoms with Crippen LogP contribution in [0.3, 0.4) is 0 Å². The molecule has 0 unspecified atom stereocenters. The van der Waals surface area contributed by atoms with Crippen LogP contribution in [0.1, 0.15) is 5.69 Å². The van der Waals surface area contributed by atoms with Crippen LogP contribution in [0, 0.1) is 11.3 Å². The summed E-state index contributed by atoms with van der Waals surface area (Å²) in [7, 11) is 0. The molecule has 0 N–H and O–H groups in total. The first-order chi connectivity index (χ1) is 22.8. The standard InChI is InChI=1S/C44H24N2/c45-24-30-18-17-29(25-46-30)38-23-37(26-9-3-1-4-10-26)43-35-21-19-33-31-15-7-13-27-14-8-16-32(39(27)31)34-20-22-36(42(35)41(33)34)44(43)40(38)28-11-5-2-6-12-28/h1-23,25H. The Balaban J connectivity index is 1.41. The number of rotatable bonds is 3. The summed E-state index contributed by atoms with van der Waals surface area (Å²) < 4.78 is 0. The van der Waals surface area contributed by atoms with Crippen LogP contribution < -0.4 is 0 Å². The lowest BCUT2D eigenvalue weighted by Gasteiger charge is -2.20. The fraction of sp³-hybridized carbons (Fsp3) is 0. The Hall–Kier alpha value is -6.30. The van der Waals surface area contributed by atoms with Crippen molar-refractivity contribution in [1.82, 2.24) is 4.98 Å². The van der Waals surface area contributed by atoms with E-state index in [1.54, 1.807) is 0 Å². The van der Waals surface area contributed by atoms with Crippen LogP contribution in [0.15, 0.2) is 146 Å². The first-order valence-electron chi connectivity index (χ1n) is 15.6. The number of hydrogen-bond acceptors (Lipinski definition) is 2. The molecular formula is C44H24N2. The monoisotopic (exact) mass is 580 g/mol. The van der Waals surface area contributed by atoms with Crippen LogP contribution in [0.4, 0.5) is 0 Å². The molecule has 210 valence electrons. The minimum absolute atomic E-state index is 0.413. The predicted octanol–water partition coefficient (Wildman–Crippen LogP) is 11.7. The van der Waals surface area contributed by atoms with Gasteiger partial charge in [-0.2, -0.15) is 5.26 Å². The summed E-state index contributed by atoms with van der Waals surface area (Å²) in [6.07, 6.45) is 1.84. The second-order valence-corrected chi connectivity index (χ2v) is 12.2. The van der Waals surface area contributed by atoms with Crippen LogP contribution in [0.5, 0.6) is 0 Å². The van der Waals surface area contributed by atoms with Gasteiger partial charge in [0.1, 0.15) is 11.8 Å². The van der Waals surface area contributed by atoms with E-state index in [4.69, 9.17) is 0 Å². The third-order valence-electron chi connectivity index (χ3n) is 9.85. The van der Waals surface area contributed by atoms with Gasteiger partial charge in [-0.1, -0.05) is 121 Å². The van der Waals surface area contributed by atoms with Crippen LogP contribution in [0.25, 0.3) is 98.7 Å². The van der Waals surface area contributed by atoms with Crippen molar-refractivity contribution in [2.45, 2.75) is 0 Å². The van der Waals surface area contributed by atoms with Crippen molar-refractivity contribution >= 4 is 43.1 Å². The highest BCUT2D eigenvalue weighted by Crippen LogP contribution is 2.59. The summed E-state index contributed by atoms with van der Waals surface area (Å²) in [4.78, 5) is 4.50. The van der Waals surface area contributed by atoms with E-state index >= 15 is 0 Å². The van der Waals surface area contributed by atoms with Gasteiger partial charge >= 0.3 is 0 Å². The highest BCUT2D eigenvalue weighted by Gasteiger charge is 2.31. The number of pyridine rings is 1.